The lowest BCUT2D eigenvalue weighted by Crippen LogP contribution is -2.30. The zero-order chi connectivity index (χ0) is 12.7. The Bertz CT molecular complexity index is 327. The Balaban J connectivity index is 2.42. The molecule has 0 amide bonds. The number of ether oxygens (including phenoxy) is 2. The number of hydrogen-bond donors (Lipinski definition) is 1. The highest BCUT2D eigenvalue weighted by molar-refractivity contribution is 5.20. The minimum atomic E-state index is -0.572. The molecule has 2 N–H and O–H groups in total. The van der Waals surface area contributed by atoms with Crippen LogP contribution in [0.3, 0.4) is 0 Å². The van der Waals surface area contributed by atoms with Crippen LogP contribution in [0.25, 0.3) is 0 Å². The SMILES string of the molecule is COCCOCC(N)Cc1c(F)cccc1F. The van der Waals surface area contributed by atoms with Crippen molar-refractivity contribution >= 4 is 0 Å². The molecule has 0 aromatic heterocycles. The van der Waals surface area contributed by atoms with E-state index in [2.05, 4.69) is 0 Å². The van der Waals surface area contributed by atoms with Gasteiger partial charge in [0.1, 0.15) is 11.6 Å². The molecular formula is C12H17F2NO2. The molecule has 3 nitrogen and oxygen atoms in total. The Morgan fingerprint density at radius 1 is 1.24 bits per heavy atom. The predicted octanol–water partition coefficient (Wildman–Crippen LogP) is 1.50. The molecule has 1 aromatic rings. The highest BCUT2D eigenvalue weighted by Crippen LogP contribution is 2.13. The van der Waals surface area contributed by atoms with Crippen LogP contribution in [0.5, 0.6) is 0 Å². The summed E-state index contributed by atoms with van der Waals surface area (Å²) < 4.78 is 36.6. The third-order valence-electron chi connectivity index (χ3n) is 2.29. The molecule has 1 unspecified atom stereocenters. The molecule has 0 heterocycles. The zero-order valence-electron chi connectivity index (χ0n) is 9.79. The normalized spacial score (nSPS) is 12.7. The number of benzene rings is 1. The minimum absolute atomic E-state index is 0.00958. The third-order valence-corrected chi connectivity index (χ3v) is 2.29. The molecule has 0 aliphatic heterocycles. The van der Waals surface area contributed by atoms with E-state index < -0.39 is 17.7 Å². The van der Waals surface area contributed by atoms with Gasteiger partial charge in [-0.3, -0.25) is 0 Å². The largest absolute Gasteiger partial charge is 0.382 e. The summed E-state index contributed by atoms with van der Waals surface area (Å²) in [6, 6.07) is 3.33. The molecular weight excluding hydrogens is 228 g/mol. The van der Waals surface area contributed by atoms with Crippen LogP contribution in [0.15, 0.2) is 18.2 Å². The third kappa shape index (κ3) is 4.77. The molecule has 1 aromatic carbocycles. The topological polar surface area (TPSA) is 44.5 Å². The van der Waals surface area contributed by atoms with Crippen LogP contribution in [0, 0.1) is 11.6 Å². The Hall–Kier alpha value is -1.04. The van der Waals surface area contributed by atoms with E-state index in [4.69, 9.17) is 15.2 Å². The van der Waals surface area contributed by atoms with Gasteiger partial charge in [-0.15, -0.1) is 0 Å². The fourth-order valence-electron chi connectivity index (χ4n) is 1.43. The van der Waals surface area contributed by atoms with Gasteiger partial charge in [-0.1, -0.05) is 6.07 Å². The lowest BCUT2D eigenvalue weighted by Gasteiger charge is -2.13. The quantitative estimate of drug-likeness (QED) is 0.740. The summed E-state index contributed by atoms with van der Waals surface area (Å²) in [6.45, 7) is 1.14. The standard InChI is InChI=1S/C12H17F2NO2/c1-16-5-6-17-8-9(15)7-10-11(13)3-2-4-12(10)14/h2-4,9H,5-8,15H2,1H3. The van der Waals surface area contributed by atoms with Crippen molar-refractivity contribution in [3.8, 4) is 0 Å². The van der Waals surface area contributed by atoms with Gasteiger partial charge >= 0.3 is 0 Å². The molecule has 5 heteroatoms. The van der Waals surface area contributed by atoms with Gasteiger partial charge in [-0.25, -0.2) is 8.78 Å². The lowest BCUT2D eigenvalue weighted by molar-refractivity contribution is 0.0635. The van der Waals surface area contributed by atoms with Crippen molar-refractivity contribution in [2.45, 2.75) is 12.5 Å². The first-order chi connectivity index (χ1) is 8.15. The zero-order valence-corrected chi connectivity index (χ0v) is 9.79. The summed E-state index contributed by atoms with van der Waals surface area (Å²) in [5, 5.41) is 0. The van der Waals surface area contributed by atoms with Crippen molar-refractivity contribution in [3.05, 3.63) is 35.4 Å². The molecule has 0 saturated carbocycles. The maximum atomic E-state index is 13.3. The molecule has 0 bridgehead atoms. The summed E-state index contributed by atoms with van der Waals surface area (Å²) in [5.74, 6) is -1.14. The highest BCUT2D eigenvalue weighted by atomic mass is 19.1. The molecule has 1 rings (SSSR count). The van der Waals surface area contributed by atoms with E-state index >= 15 is 0 Å². The second kappa shape index (κ2) is 7.32. The maximum Gasteiger partial charge on any atom is 0.129 e. The van der Waals surface area contributed by atoms with Crippen LogP contribution in [0.4, 0.5) is 8.78 Å². The number of hydrogen-bond acceptors (Lipinski definition) is 3. The van der Waals surface area contributed by atoms with Crippen LogP contribution < -0.4 is 5.73 Å². The van der Waals surface area contributed by atoms with E-state index in [-0.39, 0.29) is 18.6 Å². The van der Waals surface area contributed by atoms with Crippen LogP contribution in [0.2, 0.25) is 0 Å². The van der Waals surface area contributed by atoms with Gasteiger partial charge in [0, 0.05) is 18.7 Å². The van der Waals surface area contributed by atoms with Gasteiger partial charge in [0.2, 0.25) is 0 Å². The van der Waals surface area contributed by atoms with Crippen LogP contribution in [-0.4, -0.2) is 33.0 Å². The Morgan fingerprint density at radius 3 is 2.47 bits per heavy atom. The van der Waals surface area contributed by atoms with E-state index in [0.717, 1.165) is 0 Å². The summed E-state index contributed by atoms with van der Waals surface area (Å²) in [5.41, 5.74) is 5.74. The fraction of sp³-hybridized carbons (Fsp3) is 0.500. The van der Waals surface area contributed by atoms with E-state index in [1.54, 1.807) is 7.11 Å². The number of methoxy groups -OCH3 is 1. The average molecular weight is 245 g/mol. The van der Waals surface area contributed by atoms with Gasteiger partial charge < -0.3 is 15.2 Å². The molecule has 0 aliphatic rings. The second-order valence-corrected chi connectivity index (χ2v) is 3.73. The molecule has 1 atom stereocenters. The Morgan fingerprint density at radius 2 is 1.88 bits per heavy atom. The Labute approximate surface area is 99.5 Å². The number of halogens is 2. The first-order valence-corrected chi connectivity index (χ1v) is 5.40. The lowest BCUT2D eigenvalue weighted by atomic mass is 10.1. The van der Waals surface area contributed by atoms with E-state index in [0.29, 0.717) is 13.2 Å². The van der Waals surface area contributed by atoms with Crippen LogP contribution in [0.1, 0.15) is 5.56 Å². The van der Waals surface area contributed by atoms with Gasteiger partial charge in [-0.2, -0.15) is 0 Å². The summed E-state index contributed by atoms with van der Waals surface area (Å²) in [6.07, 6.45) is 0.117. The first-order valence-electron chi connectivity index (χ1n) is 5.40. The summed E-state index contributed by atoms with van der Waals surface area (Å²) in [4.78, 5) is 0. The van der Waals surface area contributed by atoms with E-state index in [1.165, 1.54) is 18.2 Å². The Kier molecular flexibility index (Phi) is 6.04. The molecule has 0 aliphatic carbocycles. The predicted molar refractivity (Wildman–Crippen MR) is 60.7 cm³/mol. The van der Waals surface area contributed by atoms with Crippen molar-refractivity contribution in [2.75, 3.05) is 26.9 Å². The van der Waals surface area contributed by atoms with Gasteiger partial charge in [0.25, 0.3) is 0 Å². The molecule has 0 spiro atoms. The first kappa shape index (κ1) is 14.0. The number of rotatable bonds is 7. The molecule has 0 radical (unpaired) electrons. The van der Waals surface area contributed by atoms with E-state index in [9.17, 15) is 8.78 Å². The number of nitrogens with two attached hydrogens (primary N) is 1. The fourth-order valence-corrected chi connectivity index (χ4v) is 1.43. The smallest absolute Gasteiger partial charge is 0.129 e. The molecule has 0 fully saturated rings. The monoisotopic (exact) mass is 245 g/mol. The van der Waals surface area contributed by atoms with Crippen molar-refractivity contribution in [1.29, 1.82) is 0 Å². The summed E-state index contributed by atoms with van der Waals surface area (Å²) >= 11 is 0. The van der Waals surface area contributed by atoms with Gasteiger partial charge in [-0.05, 0) is 18.6 Å². The average Bonchev–Trinajstić information content (AvgIpc) is 2.30. The van der Waals surface area contributed by atoms with Crippen molar-refractivity contribution in [2.24, 2.45) is 5.73 Å². The van der Waals surface area contributed by atoms with Crippen molar-refractivity contribution in [3.63, 3.8) is 0 Å². The molecule has 17 heavy (non-hydrogen) atoms. The van der Waals surface area contributed by atoms with E-state index in [1.807, 2.05) is 0 Å². The summed E-state index contributed by atoms with van der Waals surface area (Å²) in [7, 11) is 1.57. The van der Waals surface area contributed by atoms with Gasteiger partial charge in [0.15, 0.2) is 0 Å². The molecule has 0 saturated heterocycles. The molecule has 96 valence electrons. The van der Waals surface area contributed by atoms with Gasteiger partial charge in [0.05, 0.1) is 19.8 Å². The van der Waals surface area contributed by atoms with Crippen molar-refractivity contribution < 1.29 is 18.3 Å². The second-order valence-electron chi connectivity index (χ2n) is 3.73. The van der Waals surface area contributed by atoms with Crippen LogP contribution in [-0.2, 0) is 15.9 Å². The van der Waals surface area contributed by atoms with Crippen LogP contribution >= 0.6 is 0 Å². The maximum absolute atomic E-state index is 13.3. The minimum Gasteiger partial charge on any atom is -0.382 e. The van der Waals surface area contributed by atoms with Crippen molar-refractivity contribution in [1.82, 2.24) is 0 Å². The highest BCUT2D eigenvalue weighted by Gasteiger charge is 2.12.